The number of nitrogens with one attached hydrogen (secondary N) is 2. The number of hydrazine groups is 1. The zero-order valence-corrected chi connectivity index (χ0v) is 16.9. The lowest BCUT2D eigenvalue weighted by Gasteiger charge is -2.37. The highest BCUT2D eigenvalue weighted by atomic mass is 16.2. The molecular formula is C23H35N3O. The molecule has 4 heteroatoms. The van der Waals surface area contributed by atoms with Crippen LogP contribution in [0.3, 0.4) is 0 Å². The molecule has 4 rings (SSSR count). The normalized spacial score (nSPS) is 33.7. The fourth-order valence-electron chi connectivity index (χ4n) is 5.47. The molecule has 1 aliphatic carbocycles. The van der Waals surface area contributed by atoms with Crippen molar-refractivity contribution in [2.45, 2.75) is 70.9 Å². The van der Waals surface area contributed by atoms with Gasteiger partial charge in [0.05, 0.1) is 0 Å². The second-order valence-corrected chi connectivity index (χ2v) is 9.21. The van der Waals surface area contributed by atoms with E-state index in [0.29, 0.717) is 23.8 Å². The molecule has 1 aromatic carbocycles. The number of hydrogen-bond acceptors (Lipinski definition) is 3. The van der Waals surface area contributed by atoms with E-state index >= 15 is 0 Å². The molecule has 3 aliphatic rings. The number of rotatable bonds is 4. The molecule has 2 saturated heterocycles. The number of benzene rings is 1. The molecule has 0 radical (unpaired) electrons. The van der Waals surface area contributed by atoms with E-state index in [0.717, 1.165) is 31.8 Å². The maximum Gasteiger partial charge on any atom is 0.241 e. The number of carbonyl (C=O) groups is 1. The molecule has 3 fully saturated rings. The summed E-state index contributed by atoms with van der Waals surface area (Å²) >= 11 is 0. The summed E-state index contributed by atoms with van der Waals surface area (Å²) in [7, 11) is 0. The highest BCUT2D eigenvalue weighted by Crippen LogP contribution is 2.35. The third kappa shape index (κ3) is 4.22. The van der Waals surface area contributed by atoms with Gasteiger partial charge in [-0.15, -0.1) is 0 Å². The van der Waals surface area contributed by atoms with Crippen molar-refractivity contribution in [2.24, 2.45) is 17.8 Å². The minimum atomic E-state index is -0.0205. The van der Waals surface area contributed by atoms with Crippen molar-refractivity contribution in [3.05, 3.63) is 35.4 Å². The zero-order chi connectivity index (χ0) is 18.8. The second-order valence-electron chi connectivity index (χ2n) is 9.21. The Labute approximate surface area is 164 Å². The molecule has 5 atom stereocenters. The molecule has 0 bridgehead atoms. The van der Waals surface area contributed by atoms with E-state index in [4.69, 9.17) is 0 Å². The Hall–Kier alpha value is -1.39. The van der Waals surface area contributed by atoms with E-state index in [1.807, 2.05) is 0 Å². The fourth-order valence-corrected chi connectivity index (χ4v) is 5.47. The first-order valence-corrected chi connectivity index (χ1v) is 11.0. The molecule has 0 spiro atoms. The van der Waals surface area contributed by atoms with Crippen LogP contribution in [-0.4, -0.2) is 36.0 Å². The first-order chi connectivity index (χ1) is 13.1. The Balaban J connectivity index is 1.34. The molecule has 5 unspecified atom stereocenters. The predicted octanol–water partition coefficient (Wildman–Crippen LogP) is 3.45. The van der Waals surface area contributed by atoms with Crippen molar-refractivity contribution in [3.63, 3.8) is 0 Å². The van der Waals surface area contributed by atoms with E-state index in [1.165, 1.54) is 43.2 Å². The van der Waals surface area contributed by atoms with Crippen molar-refractivity contribution in [1.29, 1.82) is 0 Å². The van der Waals surface area contributed by atoms with Crippen molar-refractivity contribution >= 4 is 5.91 Å². The third-order valence-corrected chi connectivity index (χ3v) is 7.19. The molecule has 2 heterocycles. The van der Waals surface area contributed by atoms with Crippen LogP contribution < -0.4 is 10.9 Å². The van der Waals surface area contributed by atoms with Gasteiger partial charge < -0.3 is 4.90 Å². The maximum absolute atomic E-state index is 13.3. The molecule has 148 valence electrons. The fraction of sp³-hybridized carbons (Fsp3) is 0.696. The molecule has 1 amide bonds. The Morgan fingerprint density at radius 2 is 2.04 bits per heavy atom. The van der Waals surface area contributed by atoms with Crippen LogP contribution in [0.25, 0.3) is 0 Å². The lowest BCUT2D eigenvalue weighted by atomic mass is 9.76. The van der Waals surface area contributed by atoms with Crippen LogP contribution in [-0.2, 0) is 11.2 Å². The zero-order valence-electron chi connectivity index (χ0n) is 16.9. The first-order valence-electron chi connectivity index (χ1n) is 11.0. The van der Waals surface area contributed by atoms with Gasteiger partial charge in [-0.05, 0) is 74.8 Å². The number of carbonyl (C=O) groups excluding carboxylic acids is 1. The molecule has 4 nitrogen and oxygen atoms in total. The summed E-state index contributed by atoms with van der Waals surface area (Å²) in [5.41, 5.74) is 9.62. The summed E-state index contributed by atoms with van der Waals surface area (Å²) in [5, 5.41) is 0. The SMILES string of the molecule is Cc1ccccc1CCC1CCCN(C(=O)C2NNC3CCC(C)CC32)C1. The van der Waals surface area contributed by atoms with E-state index in [9.17, 15) is 4.79 Å². The molecule has 1 saturated carbocycles. The minimum Gasteiger partial charge on any atom is -0.341 e. The maximum atomic E-state index is 13.3. The first kappa shape index (κ1) is 18.9. The summed E-state index contributed by atoms with van der Waals surface area (Å²) in [6.45, 7) is 6.41. The van der Waals surface area contributed by atoms with E-state index in [1.54, 1.807) is 0 Å². The van der Waals surface area contributed by atoms with E-state index in [-0.39, 0.29) is 6.04 Å². The van der Waals surface area contributed by atoms with E-state index < -0.39 is 0 Å². The Bertz CT molecular complexity index is 661. The van der Waals surface area contributed by atoms with Gasteiger partial charge >= 0.3 is 0 Å². The Kier molecular flexibility index (Phi) is 5.84. The lowest BCUT2D eigenvalue weighted by molar-refractivity contribution is -0.136. The summed E-state index contributed by atoms with van der Waals surface area (Å²) in [6.07, 6.45) is 8.37. The van der Waals surface area contributed by atoms with Crippen molar-refractivity contribution in [3.8, 4) is 0 Å². The Morgan fingerprint density at radius 3 is 2.89 bits per heavy atom. The van der Waals surface area contributed by atoms with Crippen LogP contribution in [0.5, 0.6) is 0 Å². The van der Waals surface area contributed by atoms with Crippen molar-refractivity contribution in [2.75, 3.05) is 13.1 Å². The van der Waals surface area contributed by atoms with Gasteiger partial charge in [-0.25, -0.2) is 5.43 Å². The highest BCUT2D eigenvalue weighted by Gasteiger charge is 2.44. The van der Waals surface area contributed by atoms with Crippen LogP contribution >= 0.6 is 0 Å². The Morgan fingerprint density at radius 1 is 1.19 bits per heavy atom. The van der Waals surface area contributed by atoms with E-state index in [2.05, 4.69) is 53.9 Å². The topological polar surface area (TPSA) is 44.4 Å². The highest BCUT2D eigenvalue weighted by molar-refractivity contribution is 5.82. The summed E-state index contributed by atoms with van der Waals surface area (Å²) in [6, 6.07) is 9.16. The van der Waals surface area contributed by atoms with Gasteiger partial charge in [0.2, 0.25) is 5.91 Å². The molecular weight excluding hydrogens is 334 g/mol. The number of likely N-dealkylation sites (tertiary alicyclic amines) is 1. The third-order valence-electron chi connectivity index (χ3n) is 7.19. The summed E-state index contributed by atoms with van der Waals surface area (Å²) in [5.74, 6) is 2.18. The second kappa shape index (κ2) is 8.32. The quantitative estimate of drug-likeness (QED) is 0.854. The van der Waals surface area contributed by atoms with Crippen molar-refractivity contribution < 1.29 is 4.79 Å². The minimum absolute atomic E-state index is 0.0205. The average Bonchev–Trinajstić information content (AvgIpc) is 3.10. The number of piperidine rings is 1. The molecule has 2 aliphatic heterocycles. The number of fused-ring (bicyclic) bond motifs is 1. The molecule has 27 heavy (non-hydrogen) atoms. The summed E-state index contributed by atoms with van der Waals surface area (Å²) in [4.78, 5) is 15.4. The molecule has 2 N–H and O–H groups in total. The van der Waals surface area contributed by atoms with Gasteiger partial charge in [-0.3, -0.25) is 10.2 Å². The monoisotopic (exact) mass is 369 g/mol. The van der Waals surface area contributed by atoms with Crippen LogP contribution in [0, 0.1) is 24.7 Å². The molecule has 0 aromatic heterocycles. The van der Waals surface area contributed by atoms with Gasteiger partial charge in [0.1, 0.15) is 6.04 Å². The van der Waals surface area contributed by atoms with Gasteiger partial charge in [-0.1, -0.05) is 31.2 Å². The lowest BCUT2D eigenvalue weighted by Crippen LogP contribution is -2.51. The average molecular weight is 370 g/mol. The van der Waals surface area contributed by atoms with Crippen LogP contribution in [0.4, 0.5) is 0 Å². The van der Waals surface area contributed by atoms with Crippen molar-refractivity contribution in [1.82, 2.24) is 15.8 Å². The van der Waals surface area contributed by atoms with Gasteiger partial charge in [-0.2, -0.15) is 0 Å². The largest absolute Gasteiger partial charge is 0.341 e. The summed E-state index contributed by atoms with van der Waals surface area (Å²) < 4.78 is 0. The number of hydrogen-bond donors (Lipinski definition) is 2. The van der Waals surface area contributed by atoms with Gasteiger partial charge in [0, 0.05) is 25.0 Å². The number of amides is 1. The molecule has 1 aromatic rings. The number of aryl methyl sites for hydroxylation is 2. The predicted molar refractivity (Wildman–Crippen MR) is 109 cm³/mol. The van der Waals surface area contributed by atoms with Gasteiger partial charge in [0.15, 0.2) is 0 Å². The standard InChI is InChI=1S/C23H35N3O/c1-16-9-12-21-20(14-16)22(25-24-21)23(27)26-13-5-7-18(15-26)10-11-19-8-4-3-6-17(19)2/h3-4,6,8,16,18,20-22,24-25H,5,7,9-15H2,1-2H3. The van der Waals surface area contributed by atoms with Crippen LogP contribution in [0.15, 0.2) is 24.3 Å². The van der Waals surface area contributed by atoms with Crippen LogP contribution in [0.1, 0.15) is 56.6 Å². The van der Waals surface area contributed by atoms with Crippen LogP contribution in [0.2, 0.25) is 0 Å². The van der Waals surface area contributed by atoms with Gasteiger partial charge in [0.25, 0.3) is 0 Å². The number of nitrogens with zero attached hydrogens (tertiary/aromatic N) is 1. The smallest absolute Gasteiger partial charge is 0.241 e.